The first-order valence-electron chi connectivity index (χ1n) is 9.93. The van der Waals surface area contributed by atoms with Crippen LogP contribution in [0.1, 0.15) is 35.0 Å². The van der Waals surface area contributed by atoms with E-state index in [0.29, 0.717) is 12.3 Å². The largest absolute Gasteiger partial charge is 0.451 e. The number of nitrogens with zero attached hydrogens (tertiary/aromatic N) is 2. The quantitative estimate of drug-likeness (QED) is 0.423. The molecular weight excluding hydrogens is 360 g/mol. The number of pyridine rings is 1. The molecule has 0 aliphatic rings. The third kappa shape index (κ3) is 4.54. The summed E-state index contributed by atoms with van der Waals surface area (Å²) in [6, 6.07) is 23.9. The van der Waals surface area contributed by atoms with E-state index in [2.05, 4.69) is 24.0 Å². The average molecular weight is 384 g/mol. The maximum atomic E-state index is 13.4. The number of para-hydroxylation sites is 1. The van der Waals surface area contributed by atoms with Crippen LogP contribution in [0.3, 0.4) is 0 Å². The third-order valence-corrected chi connectivity index (χ3v) is 5.23. The van der Waals surface area contributed by atoms with Gasteiger partial charge in [0.05, 0.1) is 0 Å². The topological polar surface area (TPSA) is 46.3 Å². The minimum atomic E-state index is -0.0847. The Morgan fingerprint density at radius 2 is 1.69 bits per heavy atom. The molecule has 1 atom stereocenters. The Bertz CT molecular complexity index is 1040. The zero-order valence-corrected chi connectivity index (χ0v) is 16.5. The standard InChI is InChI=1S/C25H24N2O2/c1-19(11-12-20-7-3-2-4-8-20)27(18-21-13-15-26-16-14-21)25(28)24-17-22-9-5-6-10-23(22)29-24/h2-10,13-17,19H,11-12,18H2,1H3. The van der Waals surface area contributed by atoms with Crippen molar-refractivity contribution in [2.75, 3.05) is 0 Å². The third-order valence-electron chi connectivity index (χ3n) is 5.23. The molecule has 0 radical (unpaired) electrons. The van der Waals surface area contributed by atoms with E-state index >= 15 is 0 Å². The molecule has 0 spiro atoms. The van der Waals surface area contributed by atoms with Gasteiger partial charge in [0.25, 0.3) is 5.91 Å². The molecule has 29 heavy (non-hydrogen) atoms. The van der Waals surface area contributed by atoms with Crippen molar-refractivity contribution < 1.29 is 9.21 Å². The van der Waals surface area contributed by atoms with Crippen LogP contribution in [0, 0.1) is 0 Å². The molecule has 2 aromatic heterocycles. The predicted octanol–water partition coefficient (Wildman–Crippen LogP) is 5.49. The molecule has 0 aliphatic carbocycles. The summed E-state index contributed by atoms with van der Waals surface area (Å²) in [5.41, 5.74) is 3.06. The molecule has 0 saturated heterocycles. The molecule has 0 fully saturated rings. The van der Waals surface area contributed by atoms with Crippen LogP contribution in [0.4, 0.5) is 0 Å². The van der Waals surface area contributed by atoms with Gasteiger partial charge in [-0.1, -0.05) is 48.5 Å². The lowest BCUT2D eigenvalue weighted by Gasteiger charge is -2.29. The van der Waals surface area contributed by atoms with Gasteiger partial charge >= 0.3 is 0 Å². The van der Waals surface area contributed by atoms with E-state index in [9.17, 15) is 4.79 Å². The highest BCUT2D eigenvalue weighted by molar-refractivity contribution is 5.96. The summed E-state index contributed by atoms with van der Waals surface area (Å²) in [5, 5.41) is 0.941. The van der Waals surface area contributed by atoms with Gasteiger partial charge in [-0.2, -0.15) is 0 Å². The highest BCUT2D eigenvalue weighted by atomic mass is 16.3. The molecule has 0 N–H and O–H groups in total. The number of carbonyl (C=O) groups excluding carboxylic acids is 1. The van der Waals surface area contributed by atoms with Gasteiger partial charge in [-0.15, -0.1) is 0 Å². The normalized spacial score (nSPS) is 12.0. The Morgan fingerprint density at radius 1 is 0.966 bits per heavy atom. The van der Waals surface area contributed by atoms with E-state index in [-0.39, 0.29) is 11.9 Å². The van der Waals surface area contributed by atoms with Gasteiger partial charge in [-0.05, 0) is 55.2 Å². The Balaban J connectivity index is 1.57. The number of carbonyl (C=O) groups is 1. The van der Waals surface area contributed by atoms with Crippen LogP contribution in [0.15, 0.2) is 89.6 Å². The van der Waals surface area contributed by atoms with E-state index in [0.717, 1.165) is 29.4 Å². The van der Waals surface area contributed by atoms with Gasteiger partial charge < -0.3 is 9.32 Å². The molecule has 4 aromatic rings. The minimum Gasteiger partial charge on any atom is -0.451 e. The minimum absolute atomic E-state index is 0.0593. The van der Waals surface area contributed by atoms with Crippen molar-refractivity contribution in [1.82, 2.24) is 9.88 Å². The Labute approximate surface area is 170 Å². The first-order chi connectivity index (χ1) is 14.2. The summed E-state index contributed by atoms with van der Waals surface area (Å²) in [6.45, 7) is 2.62. The van der Waals surface area contributed by atoms with Crippen LogP contribution in [-0.4, -0.2) is 21.8 Å². The fourth-order valence-electron chi connectivity index (χ4n) is 3.52. The Morgan fingerprint density at radius 3 is 2.45 bits per heavy atom. The molecule has 4 heteroatoms. The summed E-state index contributed by atoms with van der Waals surface area (Å²) in [5.74, 6) is 0.297. The molecule has 2 heterocycles. The molecule has 146 valence electrons. The van der Waals surface area contributed by atoms with E-state index < -0.39 is 0 Å². The van der Waals surface area contributed by atoms with Crippen LogP contribution >= 0.6 is 0 Å². The molecular formula is C25H24N2O2. The lowest BCUT2D eigenvalue weighted by molar-refractivity contribution is 0.0637. The highest BCUT2D eigenvalue weighted by Crippen LogP contribution is 2.23. The van der Waals surface area contributed by atoms with E-state index in [1.165, 1.54) is 5.56 Å². The van der Waals surface area contributed by atoms with Crippen LogP contribution < -0.4 is 0 Å². The van der Waals surface area contributed by atoms with Crippen molar-refractivity contribution in [1.29, 1.82) is 0 Å². The van der Waals surface area contributed by atoms with E-state index in [1.807, 2.05) is 65.6 Å². The van der Waals surface area contributed by atoms with Crippen LogP contribution in [0.25, 0.3) is 11.0 Å². The van der Waals surface area contributed by atoms with Crippen molar-refractivity contribution in [2.24, 2.45) is 0 Å². The summed E-state index contributed by atoms with van der Waals surface area (Å²) < 4.78 is 5.86. The van der Waals surface area contributed by atoms with Gasteiger partial charge in [-0.3, -0.25) is 9.78 Å². The Hall–Kier alpha value is -3.40. The average Bonchev–Trinajstić information content (AvgIpc) is 3.21. The second-order valence-electron chi connectivity index (χ2n) is 7.31. The maximum Gasteiger partial charge on any atom is 0.290 e. The van der Waals surface area contributed by atoms with Crippen LogP contribution in [-0.2, 0) is 13.0 Å². The van der Waals surface area contributed by atoms with Gasteiger partial charge in [0, 0.05) is 30.4 Å². The summed E-state index contributed by atoms with van der Waals surface area (Å²) in [7, 11) is 0. The van der Waals surface area contributed by atoms with E-state index in [1.54, 1.807) is 12.4 Å². The fraction of sp³-hybridized carbons (Fsp3) is 0.200. The second-order valence-corrected chi connectivity index (χ2v) is 7.31. The van der Waals surface area contributed by atoms with Gasteiger partial charge in [0.15, 0.2) is 5.76 Å². The molecule has 4 nitrogen and oxygen atoms in total. The first-order valence-corrected chi connectivity index (χ1v) is 9.93. The second kappa shape index (κ2) is 8.74. The molecule has 2 aromatic carbocycles. The lowest BCUT2D eigenvalue weighted by atomic mass is 10.0. The highest BCUT2D eigenvalue weighted by Gasteiger charge is 2.24. The van der Waals surface area contributed by atoms with Gasteiger partial charge in [0.2, 0.25) is 0 Å². The summed E-state index contributed by atoms with van der Waals surface area (Å²) in [6.07, 6.45) is 5.31. The monoisotopic (exact) mass is 384 g/mol. The number of hydrogen-bond acceptors (Lipinski definition) is 3. The summed E-state index contributed by atoms with van der Waals surface area (Å²) >= 11 is 0. The number of amides is 1. The molecule has 4 rings (SSSR count). The summed E-state index contributed by atoms with van der Waals surface area (Å²) in [4.78, 5) is 19.4. The number of furan rings is 1. The number of rotatable bonds is 7. The molecule has 0 bridgehead atoms. The number of aromatic nitrogens is 1. The van der Waals surface area contributed by atoms with Crippen LogP contribution in [0.2, 0.25) is 0 Å². The number of aryl methyl sites for hydroxylation is 1. The maximum absolute atomic E-state index is 13.4. The van der Waals surface area contributed by atoms with Crippen molar-refractivity contribution in [3.8, 4) is 0 Å². The fourth-order valence-corrected chi connectivity index (χ4v) is 3.52. The van der Waals surface area contributed by atoms with Crippen molar-refractivity contribution in [3.63, 3.8) is 0 Å². The zero-order chi connectivity index (χ0) is 20.1. The van der Waals surface area contributed by atoms with Gasteiger partial charge in [0.1, 0.15) is 5.58 Å². The smallest absolute Gasteiger partial charge is 0.290 e. The molecule has 1 unspecified atom stereocenters. The van der Waals surface area contributed by atoms with Gasteiger partial charge in [-0.25, -0.2) is 0 Å². The van der Waals surface area contributed by atoms with Crippen molar-refractivity contribution in [2.45, 2.75) is 32.4 Å². The Kier molecular flexibility index (Phi) is 5.71. The number of hydrogen-bond donors (Lipinski definition) is 0. The molecule has 1 amide bonds. The number of benzene rings is 2. The first kappa shape index (κ1) is 18.9. The van der Waals surface area contributed by atoms with Crippen molar-refractivity contribution in [3.05, 3.63) is 102 Å². The van der Waals surface area contributed by atoms with E-state index in [4.69, 9.17) is 4.42 Å². The number of fused-ring (bicyclic) bond motifs is 1. The lowest BCUT2D eigenvalue weighted by Crippen LogP contribution is -2.38. The zero-order valence-electron chi connectivity index (χ0n) is 16.5. The predicted molar refractivity (Wildman–Crippen MR) is 115 cm³/mol. The SMILES string of the molecule is CC(CCc1ccccc1)N(Cc1ccncc1)C(=O)c1cc2ccccc2o1. The molecule has 0 aliphatic heterocycles. The molecule has 0 saturated carbocycles. The van der Waals surface area contributed by atoms with Crippen molar-refractivity contribution >= 4 is 16.9 Å². The van der Waals surface area contributed by atoms with Crippen LogP contribution in [0.5, 0.6) is 0 Å².